The van der Waals surface area contributed by atoms with Crippen molar-refractivity contribution >= 4 is 22.1 Å². The lowest BCUT2D eigenvalue weighted by atomic mass is 10.3. The first kappa shape index (κ1) is 14.6. The zero-order chi connectivity index (χ0) is 12.8. The summed E-state index contributed by atoms with van der Waals surface area (Å²) in [6.07, 6.45) is -0.175. The van der Waals surface area contributed by atoms with E-state index < -0.39 is 22.1 Å². The molecule has 7 nitrogen and oxygen atoms in total. The normalized spacial score (nSPS) is 12.4. The number of carboxylic acid groups (broad SMARTS) is 2. The average molecular weight is 252 g/mol. The third kappa shape index (κ3) is 6.96. The molecule has 92 valence electrons. The van der Waals surface area contributed by atoms with E-state index in [0.717, 1.165) is 6.92 Å². The van der Waals surface area contributed by atoms with Crippen LogP contribution in [0.4, 0.5) is 0 Å². The summed E-state index contributed by atoms with van der Waals surface area (Å²) in [5.74, 6) is -2.42. The molecule has 0 atom stereocenters. The summed E-state index contributed by atoms with van der Waals surface area (Å²) in [5.41, 5.74) is -0.377. The number of hydrogen-bond donors (Lipinski definition) is 2. The van der Waals surface area contributed by atoms with Gasteiger partial charge in [-0.1, -0.05) is 0 Å². The van der Waals surface area contributed by atoms with Gasteiger partial charge in [-0.25, -0.2) is 4.79 Å². The Kier molecular flexibility index (Phi) is 5.68. The van der Waals surface area contributed by atoms with Gasteiger partial charge in [-0.05, 0) is 13.3 Å². The van der Waals surface area contributed by atoms with E-state index >= 15 is 0 Å². The molecular formula is C8H12O7S. The van der Waals surface area contributed by atoms with Crippen LogP contribution in [-0.2, 0) is 23.9 Å². The molecule has 0 aliphatic rings. The predicted octanol–water partition coefficient (Wildman–Crippen LogP) is 0.186. The fourth-order valence-corrected chi connectivity index (χ4v) is 1.65. The first-order valence-electron chi connectivity index (χ1n) is 4.27. The largest absolute Gasteiger partial charge is 0.481 e. The number of rotatable bonds is 7. The van der Waals surface area contributed by atoms with Gasteiger partial charge >= 0.3 is 11.9 Å². The molecule has 0 heterocycles. The Morgan fingerprint density at radius 2 is 1.88 bits per heavy atom. The van der Waals surface area contributed by atoms with Crippen molar-refractivity contribution in [3.05, 3.63) is 11.0 Å². The van der Waals surface area contributed by atoms with E-state index in [4.69, 9.17) is 10.2 Å². The SMILES string of the molecule is CC(=CS(=O)(=O)OCCCC(=O)O)C(=O)O. The van der Waals surface area contributed by atoms with Crippen molar-refractivity contribution in [1.82, 2.24) is 0 Å². The maximum atomic E-state index is 11.1. The molecular weight excluding hydrogens is 240 g/mol. The lowest BCUT2D eigenvalue weighted by Gasteiger charge is -2.00. The molecule has 2 N–H and O–H groups in total. The molecule has 0 fully saturated rings. The van der Waals surface area contributed by atoms with Crippen molar-refractivity contribution in [2.24, 2.45) is 0 Å². The fraction of sp³-hybridized carbons (Fsp3) is 0.500. The Morgan fingerprint density at radius 3 is 2.31 bits per heavy atom. The van der Waals surface area contributed by atoms with Gasteiger partial charge < -0.3 is 10.2 Å². The molecule has 0 radical (unpaired) electrons. The molecule has 0 aliphatic heterocycles. The van der Waals surface area contributed by atoms with Crippen LogP contribution in [0.1, 0.15) is 19.8 Å². The highest BCUT2D eigenvalue weighted by molar-refractivity contribution is 7.89. The fourth-order valence-electron chi connectivity index (χ4n) is 0.699. The molecule has 16 heavy (non-hydrogen) atoms. The lowest BCUT2D eigenvalue weighted by Crippen LogP contribution is -2.08. The monoisotopic (exact) mass is 252 g/mol. The summed E-state index contributed by atoms with van der Waals surface area (Å²) < 4.78 is 26.5. The summed E-state index contributed by atoms with van der Waals surface area (Å²) in [5, 5.41) is 17.2. The smallest absolute Gasteiger partial charge is 0.332 e. The van der Waals surface area contributed by atoms with Gasteiger partial charge in [-0.3, -0.25) is 8.98 Å². The van der Waals surface area contributed by atoms with E-state index in [1.807, 2.05) is 0 Å². The van der Waals surface area contributed by atoms with Crippen molar-refractivity contribution in [2.75, 3.05) is 6.61 Å². The quantitative estimate of drug-likeness (QED) is 0.377. The van der Waals surface area contributed by atoms with Crippen LogP contribution in [0, 0.1) is 0 Å². The summed E-state index contributed by atoms with van der Waals surface area (Å²) >= 11 is 0. The van der Waals surface area contributed by atoms with Crippen LogP contribution < -0.4 is 0 Å². The first-order valence-corrected chi connectivity index (χ1v) is 5.74. The summed E-state index contributed by atoms with van der Waals surface area (Å²) in [6, 6.07) is 0. The van der Waals surface area contributed by atoms with Gasteiger partial charge in [0.05, 0.1) is 12.0 Å². The maximum absolute atomic E-state index is 11.1. The second-order valence-corrected chi connectivity index (χ2v) is 4.38. The second-order valence-electron chi connectivity index (χ2n) is 2.92. The lowest BCUT2D eigenvalue weighted by molar-refractivity contribution is -0.137. The topological polar surface area (TPSA) is 118 Å². The summed E-state index contributed by atoms with van der Waals surface area (Å²) in [7, 11) is -4.06. The molecule has 0 bridgehead atoms. The minimum absolute atomic E-state index is 0.0362. The second kappa shape index (κ2) is 6.23. The molecule has 0 aromatic rings. The standard InChI is InChI=1S/C8H12O7S/c1-6(8(11)12)5-16(13,14)15-4-2-3-7(9)10/h5H,2-4H2,1H3,(H,9,10)(H,11,12). The van der Waals surface area contributed by atoms with Crippen LogP contribution in [0.3, 0.4) is 0 Å². The highest BCUT2D eigenvalue weighted by atomic mass is 32.2. The molecule has 8 heteroatoms. The van der Waals surface area contributed by atoms with Crippen LogP contribution >= 0.6 is 0 Å². The third-order valence-corrected chi connectivity index (χ3v) is 2.58. The Hall–Kier alpha value is -1.41. The molecule has 0 amide bonds. The van der Waals surface area contributed by atoms with E-state index in [-0.39, 0.29) is 25.0 Å². The van der Waals surface area contributed by atoms with Crippen molar-refractivity contribution in [3.8, 4) is 0 Å². The Bertz CT molecular complexity index is 393. The number of carboxylic acids is 2. The molecule has 0 aromatic heterocycles. The zero-order valence-corrected chi connectivity index (χ0v) is 9.36. The van der Waals surface area contributed by atoms with Crippen molar-refractivity contribution in [3.63, 3.8) is 0 Å². The minimum Gasteiger partial charge on any atom is -0.481 e. The number of aliphatic carboxylic acids is 2. The van der Waals surface area contributed by atoms with Crippen molar-refractivity contribution < 1.29 is 32.4 Å². The minimum atomic E-state index is -4.06. The van der Waals surface area contributed by atoms with Gasteiger partial charge in [-0.15, -0.1) is 0 Å². The van der Waals surface area contributed by atoms with Crippen LogP contribution in [-0.4, -0.2) is 37.2 Å². The molecule has 0 saturated heterocycles. The van der Waals surface area contributed by atoms with Crippen LogP contribution in [0.15, 0.2) is 11.0 Å². The van der Waals surface area contributed by atoms with E-state index in [9.17, 15) is 18.0 Å². The van der Waals surface area contributed by atoms with Crippen LogP contribution in [0.25, 0.3) is 0 Å². The number of carbonyl (C=O) groups is 2. The van der Waals surface area contributed by atoms with Crippen molar-refractivity contribution in [1.29, 1.82) is 0 Å². The molecule has 0 unspecified atom stereocenters. The molecule has 0 aromatic carbocycles. The predicted molar refractivity (Wildman–Crippen MR) is 53.1 cm³/mol. The van der Waals surface area contributed by atoms with E-state index in [1.165, 1.54) is 0 Å². The van der Waals surface area contributed by atoms with Crippen LogP contribution in [0.5, 0.6) is 0 Å². The van der Waals surface area contributed by atoms with E-state index in [0.29, 0.717) is 5.41 Å². The molecule has 0 saturated carbocycles. The van der Waals surface area contributed by atoms with Gasteiger partial charge in [0, 0.05) is 12.0 Å². The van der Waals surface area contributed by atoms with Crippen LogP contribution in [0.2, 0.25) is 0 Å². The Balaban J connectivity index is 4.22. The summed E-state index contributed by atoms with van der Waals surface area (Å²) in [6.45, 7) is 0.818. The molecule has 0 aliphatic carbocycles. The number of hydrogen-bond acceptors (Lipinski definition) is 5. The van der Waals surface area contributed by atoms with Gasteiger partial charge in [0.2, 0.25) is 0 Å². The van der Waals surface area contributed by atoms with Crippen molar-refractivity contribution in [2.45, 2.75) is 19.8 Å². The van der Waals surface area contributed by atoms with Gasteiger partial charge in [0.25, 0.3) is 10.1 Å². The highest BCUT2D eigenvalue weighted by Gasteiger charge is 2.11. The Morgan fingerprint density at radius 1 is 1.31 bits per heavy atom. The third-order valence-electron chi connectivity index (χ3n) is 1.44. The van der Waals surface area contributed by atoms with Gasteiger partial charge in [0.1, 0.15) is 0 Å². The maximum Gasteiger partial charge on any atom is 0.332 e. The van der Waals surface area contributed by atoms with Gasteiger partial charge in [-0.2, -0.15) is 8.42 Å². The van der Waals surface area contributed by atoms with E-state index in [2.05, 4.69) is 4.18 Å². The summed E-state index contributed by atoms with van der Waals surface area (Å²) in [4.78, 5) is 20.4. The molecule has 0 rings (SSSR count). The Labute approximate surface area is 92.5 Å². The zero-order valence-electron chi connectivity index (χ0n) is 8.54. The first-order chi connectivity index (χ1) is 7.24. The van der Waals surface area contributed by atoms with Gasteiger partial charge in [0.15, 0.2) is 0 Å². The van der Waals surface area contributed by atoms with E-state index in [1.54, 1.807) is 0 Å². The highest BCUT2D eigenvalue weighted by Crippen LogP contribution is 2.03. The average Bonchev–Trinajstić information content (AvgIpc) is 2.11. The molecule has 0 spiro atoms.